The topological polar surface area (TPSA) is 141 Å². The summed E-state index contributed by atoms with van der Waals surface area (Å²) >= 11 is 12.8. The molecule has 1 atom stereocenters. The van der Waals surface area contributed by atoms with Gasteiger partial charge in [0.2, 0.25) is 0 Å². The van der Waals surface area contributed by atoms with Crippen LogP contribution in [0.25, 0.3) is 0 Å². The van der Waals surface area contributed by atoms with Gasteiger partial charge in [-0.25, -0.2) is 11.4 Å². The Balaban J connectivity index is 1.71. The van der Waals surface area contributed by atoms with Crippen molar-refractivity contribution < 1.29 is 9.59 Å². The summed E-state index contributed by atoms with van der Waals surface area (Å²) in [6, 6.07) is 12.4. The number of aliphatic imine (C=N–C) groups is 1. The van der Waals surface area contributed by atoms with E-state index in [-0.39, 0.29) is 35.7 Å². The number of hydrogen-bond acceptors (Lipinski definition) is 7. The number of nitrogens with zero attached hydrogens (tertiary/aromatic N) is 4. The van der Waals surface area contributed by atoms with Crippen LogP contribution in [-0.4, -0.2) is 65.0 Å². The predicted molar refractivity (Wildman–Crippen MR) is 187 cm³/mol. The monoisotopic (exact) mass is 670 g/mol. The van der Waals surface area contributed by atoms with E-state index in [0.29, 0.717) is 32.8 Å². The lowest BCUT2D eigenvalue weighted by Gasteiger charge is -2.46. The highest BCUT2D eigenvalue weighted by molar-refractivity contribution is 6.47. The van der Waals surface area contributed by atoms with Crippen LogP contribution in [0.4, 0.5) is 0 Å². The molecule has 2 amide bonds. The summed E-state index contributed by atoms with van der Waals surface area (Å²) in [5.41, 5.74) is 9.61. The van der Waals surface area contributed by atoms with Gasteiger partial charge in [-0.05, 0) is 73.0 Å². The van der Waals surface area contributed by atoms with Gasteiger partial charge in [0.1, 0.15) is 17.2 Å². The number of halogens is 2. The number of carbonyl (C=O) groups is 2. The van der Waals surface area contributed by atoms with Gasteiger partial charge in [-0.1, -0.05) is 70.0 Å². The molecule has 250 valence electrons. The number of carbonyl (C=O) groups excluding carboxylic acids is 2. The van der Waals surface area contributed by atoms with E-state index in [9.17, 15) is 9.59 Å². The molecular weight excluding hydrogens is 623 g/mol. The molecule has 2 aliphatic rings. The Morgan fingerprint density at radius 2 is 1.70 bits per heavy atom. The number of amidine groups is 1. The number of nitrogens with one attached hydrogen (secondary N) is 2. The van der Waals surface area contributed by atoms with Gasteiger partial charge in [0.15, 0.2) is 0 Å². The van der Waals surface area contributed by atoms with Crippen LogP contribution in [0.1, 0.15) is 94.2 Å². The van der Waals surface area contributed by atoms with Crippen LogP contribution >= 0.6 is 23.2 Å². The van der Waals surface area contributed by atoms with Crippen molar-refractivity contribution in [3.63, 3.8) is 0 Å². The molecule has 4 rings (SSSR count). The average molecular weight is 672 g/mol. The first-order valence-corrected chi connectivity index (χ1v) is 16.7. The number of nitrogens with two attached hydrogens (primary N) is 2. The largest absolute Gasteiger partial charge is 0.384 e. The fourth-order valence-electron chi connectivity index (χ4n) is 6.12. The maximum absolute atomic E-state index is 14.6. The maximum Gasteiger partial charge on any atom is 0.275 e. The summed E-state index contributed by atoms with van der Waals surface area (Å²) in [6.07, 6.45) is 4.19. The maximum atomic E-state index is 14.6. The first-order valence-electron chi connectivity index (χ1n) is 16.0. The smallest absolute Gasteiger partial charge is 0.275 e. The van der Waals surface area contributed by atoms with Gasteiger partial charge in [0.05, 0.1) is 12.6 Å². The second kappa shape index (κ2) is 15.2. The molecule has 12 heteroatoms. The molecule has 1 fully saturated rings. The third-order valence-electron chi connectivity index (χ3n) is 8.68. The van der Waals surface area contributed by atoms with Gasteiger partial charge < -0.3 is 20.9 Å². The number of hydrazine groups is 1. The molecule has 46 heavy (non-hydrogen) atoms. The third-order valence-corrected chi connectivity index (χ3v) is 9.12. The first-order chi connectivity index (χ1) is 21.7. The number of benzene rings is 2. The lowest BCUT2D eigenvalue weighted by Crippen LogP contribution is -2.55. The number of likely N-dealkylation sites (tertiary alicyclic amines) is 1. The van der Waals surface area contributed by atoms with E-state index in [2.05, 4.69) is 55.5 Å². The highest BCUT2D eigenvalue weighted by atomic mass is 35.5. The van der Waals surface area contributed by atoms with Gasteiger partial charge in [-0.15, -0.1) is 0 Å². The second-order valence-corrected chi connectivity index (χ2v) is 14.8. The molecule has 0 bridgehead atoms. The molecule has 2 aromatic rings. The van der Waals surface area contributed by atoms with Crippen molar-refractivity contribution in [3.8, 4) is 0 Å². The molecular formula is C34H48Cl2N8O2. The van der Waals surface area contributed by atoms with E-state index < -0.39 is 5.66 Å². The third kappa shape index (κ3) is 9.00. The molecule has 1 spiro atoms. The Bertz CT molecular complexity index is 1420. The normalized spacial score (nSPS) is 17.8. The minimum absolute atomic E-state index is 0.0399. The summed E-state index contributed by atoms with van der Waals surface area (Å²) in [4.78, 5) is 37.2. The summed E-state index contributed by atoms with van der Waals surface area (Å²) in [5.74, 6) is 5.52. The van der Waals surface area contributed by atoms with Crippen LogP contribution in [0.15, 0.2) is 52.6 Å². The molecule has 2 aliphatic heterocycles. The minimum Gasteiger partial charge on any atom is -0.384 e. The van der Waals surface area contributed by atoms with E-state index in [1.165, 1.54) is 0 Å². The standard InChI is InChI=1S/C34H48Cl2N8O2/c1-22(2)11-15-43-16-13-34(14-17-43)40-30(25-18-26(35)20-27(36)19-25)32(46)44(34)28(10-12-33(3,4)5)23-6-8-24(9-7-23)31(45)39-21-29(37)41-42-38/h6-9,18-20,22,28,42H,10-17,21,38H2,1-5H3,(H2,37,41)(H,39,45)/t28-/m1/s1. The highest BCUT2D eigenvalue weighted by Gasteiger charge is 2.51. The van der Waals surface area contributed by atoms with Crippen molar-refractivity contribution in [1.82, 2.24) is 20.7 Å². The first kappa shape index (κ1) is 35.7. The molecule has 0 radical (unpaired) electrons. The molecule has 6 N–H and O–H groups in total. The Morgan fingerprint density at radius 1 is 1.07 bits per heavy atom. The zero-order chi connectivity index (χ0) is 33.6. The average Bonchev–Trinajstić information content (AvgIpc) is 3.26. The van der Waals surface area contributed by atoms with Crippen molar-refractivity contribution in [2.24, 2.45) is 33.0 Å². The Kier molecular flexibility index (Phi) is 11.7. The quantitative estimate of drug-likeness (QED) is 0.102. The van der Waals surface area contributed by atoms with Crippen molar-refractivity contribution in [2.75, 3.05) is 26.2 Å². The SMILES string of the molecule is CC(C)CCN1CCC2(CC1)N=C(c1cc(Cl)cc(Cl)c1)C(=O)N2[C@H](CCC(C)(C)C)c1ccc(C(=O)NC/C(N)=N/NN)cc1. The van der Waals surface area contributed by atoms with E-state index in [1.807, 2.05) is 17.0 Å². The van der Waals surface area contributed by atoms with Crippen molar-refractivity contribution in [3.05, 3.63) is 69.2 Å². The molecule has 2 heterocycles. The summed E-state index contributed by atoms with van der Waals surface area (Å²) in [5, 5.41) is 7.32. The van der Waals surface area contributed by atoms with Crippen LogP contribution in [0.5, 0.6) is 0 Å². The van der Waals surface area contributed by atoms with Crippen LogP contribution in [-0.2, 0) is 4.79 Å². The molecule has 0 saturated carbocycles. The zero-order valence-electron chi connectivity index (χ0n) is 27.6. The zero-order valence-corrected chi connectivity index (χ0v) is 29.1. The predicted octanol–water partition coefficient (Wildman–Crippen LogP) is 5.50. The summed E-state index contributed by atoms with van der Waals surface area (Å²) in [6.45, 7) is 13.9. The molecule has 0 aliphatic carbocycles. The second-order valence-electron chi connectivity index (χ2n) is 14.0. The number of amides is 2. The van der Waals surface area contributed by atoms with Gasteiger partial charge in [-0.2, -0.15) is 5.10 Å². The molecule has 0 aromatic heterocycles. The van der Waals surface area contributed by atoms with E-state index in [1.54, 1.807) is 30.3 Å². The van der Waals surface area contributed by atoms with Gasteiger partial charge >= 0.3 is 0 Å². The fourth-order valence-corrected chi connectivity index (χ4v) is 6.64. The fraction of sp³-hybridized carbons (Fsp3) is 0.529. The Morgan fingerprint density at radius 3 is 2.26 bits per heavy atom. The number of piperidine rings is 1. The number of rotatable bonds is 12. The number of hydrazone groups is 1. The van der Waals surface area contributed by atoms with Crippen LogP contribution < -0.4 is 22.4 Å². The molecule has 1 saturated heterocycles. The van der Waals surface area contributed by atoms with E-state index in [0.717, 1.165) is 57.3 Å². The van der Waals surface area contributed by atoms with Crippen LogP contribution in [0.3, 0.4) is 0 Å². The van der Waals surface area contributed by atoms with Gasteiger partial charge in [-0.3, -0.25) is 14.6 Å². The summed E-state index contributed by atoms with van der Waals surface area (Å²) in [7, 11) is 0. The molecule has 0 unspecified atom stereocenters. The number of hydrogen-bond donors (Lipinski definition) is 4. The Hall–Kier alpha value is -3.18. The van der Waals surface area contributed by atoms with Crippen molar-refractivity contribution in [2.45, 2.75) is 78.4 Å². The van der Waals surface area contributed by atoms with Crippen LogP contribution in [0, 0.1) is 11.3 Å². The summed E-state index contributed by atoms with van der Waals surface area (Å²) < 4.78 is 0. The lowest BCUT2D eigenvalue weighted by atomic mass is 9.84. The minimum atomic E-state index is -0.706. The van der Waals surface area contributed by atoms with Gasteiger partial charge in [0, 0.05) is 47.1 Å². The van der Waals surface area contributed by atoms with E-state index >= 15 is 0 Å². The van der Waals surface area contributed by atoms with Crippen molar-refractivity contribution in [1.29, 1.82) is 0 Å². The Labute approximate surface area is 282 Å². The lowest BCUT2D eigenvalue weighted by molar-refractivity contribution is -0.133. The van der Waals surface area contributed by atoms with Gasteiger partial charge in [0.25, 0.3) is 11.8 Å². The van der Waals surface area contributed by atoms with E-state index in [4.69, 9.17) is 39.8 Å². The van der Waals surface area contributed by atoms with Crippen LogP contribution in [0.2, 0.25) is 10.0 Å². The van der Waals surface area contributed by atoms with Crippen molar-refractivity contribution >= 4 is 46.6 Å². The molecule has 10 nitrogen and oxygen atoms in total. The highest BCUT2D eigenvalue weighted by Crippen LogP contribution is 2.45. The molecule has 2 aromatic carbocycles.